The third-order valence-electron chi connectivity index (χ3n) is 5.35. The zero-order valence-electron chi connectivity index (χ0n) is 15.2. The van der Waals surface area contributed by atoms with E-state index in [9.17, 15) is 18.0 Å². The summed E-state index contributed by atoms with van der Waals surface area (Å²) >= 11 is 1.54. The molecule has 9 nitrogen and oxygen atoms in total. The minimum atomic E-state index is -3.11. The van der Waals surface area contributed by atoms with Gasteiger partial charge >= 0.3 is 5.69 Å². The monoisotopic (exact) mass is 419 g/mol. The number of imidazole rings is 2. The summed E-state index contributed by atoms with van der Waals surface area (Å²) in [5.74, 6) is 0.640. The van der Waals surface area contributed by atoms with Crippen molar-refractivity contribution in [2.24, 2.45) is 14.1 Å². The number of thiophene rings is 1. The molecule has 0 bridgehead atoms. The van der Waals surface area contributed by atoms with Gasteiger partial charge in [0.05, 0.1) is 28.1 Å². The van der Waals surface area contributed by atoms with Crippen LogP contribution in [0.15, 0.2) is 33.3 Å². The molecular formula is C17H17N5O4S2. The van der Waals surface area contributed by atoms with Crippen molar-refractivity contribution in [1.29, 1.82) is 0 Å². The van der Waals surface area contributed by atoms with Crippen molar-refractivity contribution in [1.82, 2.24) is 23.1 Å². The number of rotatable bonds is 2. The molecule has 1 aliphatic heterocycles. The summed E-state index contributed by atoms with van der Waals surface area (Å²) in [5.41, 5.74) is 0.524. The Labute approximate surface area is 163 Å². The maximum absolute atomic E-state index is 12.8. The molecule has 1 fully saturated rings. The van der Waals surface area contributed by atoms with Crippen LogP contribution in [0.3, 0.4) is 0 Å². The lowest BCUT2D eigenvalue weighted by molar-refractivity contribution is 0.571. The molecule has 0 aliphatic carbocycles. The molecule has 4 aromatic heterocycles. The highest BCUT2D eigenvalue weighted by Gasteiger charge is 2.33. The molecule has 5 heterocycles. The van der Waals surface area contributed by atoms with E-state index in [1.54, 1.807) is 11.4 Å². The Morgan fingerprint density at radius 3 is 2.64 bits per heavy atom. The molecule has 11 heteroatoms. The first kappa shape index (κ1) is 17.4. The highest BCUT2D eigenvalue weighted by molar-refractivity contribution is 7.91. The van der Waals surface area contributed by atoms with Crippen molar-refractivity contribution < 1.29 is 8.42 Å². The predicted octanol–water partition coefficient (Wildman–Crippen LogP) is 0.775. The second-order valence-electron chi connectivity index (χ2n) is 7.08. The van der Waals surface area contributed by atoms with Crippen LogP contribution in [-0.4, -0.2) is 43.0 Å². The first-order valence-electron chi connectivity index (χ1n) is 8.72. The molecule has 4 aromatic rings. The van der Waals surface area contributed by atoms with Crippen LogP contribution in [0.1, 0.15) is 12.5 Å². The fourth-order valence-corrected chi connectivity index (χ4v) is 6.37. The zero-order valence-corrected chi connectivity index (χ0v) is 16.8. The Hall–Kier alpha value is -2.66. The van der Waals surface area contributed by atoms with Crippen LogP contribution in [0.2, 0.25) is 0 Å². The minimum Gasteiger partial charge on any atom is -0.305 e. The first-order chi connectivity index (χ1) is 13.3. The van der Waals surface area contributed by atoms with Crippen LogP contribution in [0.25, 0.3) is 27.5 Å². The van der Waals surface area contributed by atoms with Gasteiger partial charge in [0.2, 0.25) is 5.78 Å². The van der Waals surface area contributed by atoms with Crippen LogP contribution in [0.4, 0.5) is 0 Å². The number of sulfone groups is 1. The van der Waals surface area contributed by atoms with E-state index < -0.39 is 21.1 Å². The van der Waals surface area contributed by atoms with Gasteiger partial charge in [-0.25, -0.2) is 13.2 Å². The van der Waals surface area contributed by atoms with Gasteiger partial charge in [-0.3, -0.25) is 18.3 Å². The quantitative estimate of drug-likeness (QED) is 0.478. The molecule has 0 radical (unpaired) electrons. The summed E-state index contributed by atoms with van der Waals surface area (Å²) in [6.45, 7) is 0. The van der Waals surface area contributed by atoms with Crippen molar-refractivity contribution in [2.45, 2.75) is 12.5 Å². The Morgan fingerprint density at radius 1 is 1.21 bits per heavy atom. The second-order valence-corrected chi connectivity index (χ2v) is 10.3. The Morgan fingerprint density at radius 2 is 2.00 bits per heavy atom. The lowest BCUT2D eigenvalue weighted by Gasteiger charge is -2.13. The van der Waals surface area contributed by atoms with Gasteiger partial charge in [0, 0.05) is 20.3 Å². The maximum atomic E-state index is 12.8. The first-order valence-corrected chi connectivity index (χ1v) is 11.4. The average Bonchev–Trinajstić information content (AvgIpc) is 3.40. The second kappa shape index (κ2) is 5.67. The number of hydrogen-bond acceptors (Lipinski definition) is 6. The smallest absolute Gasteiger partial charge is 0.305 e. The van der Waals surface area contributed by atoms with Gasteiger partial charge in [0.25, 0.3) is 5.56 Å². The van der Waals surface area contributed by atoms with E-state index in [2.05, 4.69) is 4.98 Å². The number of aromatic nitrogens is 5. The molecule has 1 saturated heterocycles. The summed E-state index contributed by atoms with van der Waals surface area (Å²) in [5, 5.41) is 1.95. The molecule has 146 valence electrons. The van der Waals surface area contributed by atoms with E-state index in [0.29, 0.717) is 17.7 Å². The van der Waals surface area contributed by atoms with Crippen molar-refractivity contribution in [3.05, 3.63) is 44.5 Å². The van der Waals surface area contributed by atoms with Crippen LogP contribution in [-0.2, 0) is 23.9 Å². The van der Waals surface area contributed by atoms with Crippen LogP contribution >= 0.6 is 11.3 Å². The van der Waals surface area contributed by atoms with E-state index >= 15 is 0 Å². The van der Waals surface area contributed by atoms with Gasteiger partial charge < -0.3 is 4.57 Å². The van der Waals surface area contributed by atoms with Crippen LogP contribution in [0.5, 0.6) is 0 Å². The van der Waals surface area contributed by atoms with Gasteiger partial charge in [0.15, 0.2) is 21.0 Å². The molecule has 0 saturated carbocycles. The van der Waals surface area contributed by atoms with Crippen LogP contribution < -0.4 is 11.2 Å². The van der Waals surface area contributed by atoms with Gasteiger partial charge in [-0.15, -0.1) is 11.3 Å². The number of hydrogen-bond donors (Lipinski definition) is 0. The van der Waals surface area contributed by atoms with E-state index in [1.807, 2.05) is 28.3 Å². The number of nitrogens with zero attached hydrogens (tertiary/aromatic N) is 5. The minimum absolute atomic E-state index is 0.0376. The number of aryl methyl sites for hydroxylation is 1. The van der Waals surface area contributed by atoms with Gasteiger partial charge in [-0.05, 0) is 17.9 Å². The molecule has 1 atom stereocenters. The zero-order chi connectivity index (χ0) is 19.8. The molecule has 0 spiro atoms. The largest absolute Gasteiger partial charge is 0.332 e. The Kier molecular flexibility index (Phi) is 3.53. The van der Waals surface area contributed by atoms with Crippen molar-refractivity contribution in [3.8, 4) is 10.6 Å². The third kappa shape index (κ3) is 2.29. The Balaban J connectivity index is 1.92. The standard InChI is InChI=1S/C17H17N5O4S2/c1-19-14-13(15(23)20(2)17(19)24)21-8-11(12-4-3-6-27-12)22(16(21)18-14)10-5-7-28(25,26)9-10/h3-4,6,8,10H,5,7,9H2,1-2H3/t10-/m1/s1. The summed E-state index contributed by atoms with van der Waals surface area (Å²) < 4.78 is 30.2. The van der Waals surface area contributed by atoms with Gasteiger partial charge in [0.1, 0.15) is 0 Å². The molecule has 1 aliphatic rings. The van der Waals surface area contributed by atoms with E-state index in [-0.39, 0.29) is 23.2 Å². The topological polar surface area (TPSA) is 100 Å². The summed E-state index contributed by atoms with van der Waals surface area (Å²) in [7, 11) is -0.106. The molecule has 0 amide bonds. The summed E-state index contributed by atoms with van der Waals surface area (Å²) in [6, 6.07) is 3.61. The summed E-state index contributed by atoms with van der Waals surface area (Å²) in [4.78, 5) is 30.6. The predicted molar refractivity (Wildman–Crippen MR) is 107 cm³/mol. The van der Waals surface area contributed by atoms with E-state index in [1.165, 1.54) is 23.0 Å². The fourth-order valence-electron chi connectivity index (χ4n) is 3.93. The average molecular weight is 419 g/mol. The molecule has 5 rings (SSSR count). The SMILES string of the molecule is Cn1c(=O)c2c(nc3n([C@@H]4CCS(=O)(=O)C4)c(-c4cccs4)cn23)n(C)c1=O. The Bertz CT molecular complexity index is 1470. The normalized spacial score (nSPS) is 19.1. The molecular weight excluding hydrogens is 402 g/mol. The summed E-state index contributed by atoms with van der Waals surface area (Å²) in [6.07, 6.45) is 2.30. The molecule has 0 unspecified atom stereocenters. The van der Waals surface area contributed by atoms with E-state index in [4.69, 9.17) is 0 Å². The highest BCUT2D eigenvalue weighted by Crippen LogP contribution is 2.35. The highest BCUT2D eigenvalue weighted by atomic mass is 32.2. The molecule has 0 N–H and O–H groups in total. The van der Waals surface area contributed by atoms with Crippen molar-refractivity contribution in [3.63, 3.8) is 0 Å². The van der Waals surface area contributed by atoms with Gasteiger partial charge in [-0.1, -0.05) is 6.07 Å². The third-order valence-corrected chi connectivity index (χ3v) is 7.99. The van der Waals surface area contributed by atoms with E-state index in [0.717, 1.165) is 15.1 Å². The maximum Gasteiger partial charge on any atom is 0.332 e. The van der Waals surface area contributed by atoms with Crippen molar-refractivity contribution >= 4 is 38.1 Å². The van der Waals surface area contributed by atoms with Gasteiger partial charge in [-0.2, -0.15) is 4.98 Å². The number of fused-ring (bicyclic) bond motifs is 3. The van der Waals surface area contributed by atoms with Crippen LogP contribution in [0, 0.1) is 0 Å². The fraction of sp³-hybridized carbons (Fsp3) is 0.353. The lowest BCUT2D eigenvalue weighted by atomic mass is 10.2. The lowest BCUT2D eigenvalue weighted by Crippen LogP contribution is -2.37. The van der Waals surface area contributed by atoms with Crippen molar-refractivity contribution in [2.75, 3.05) is 11.5 Å². The molecule has 0 aromatic carbocycles. The molecule has 28 heavy (non-hydrogen) atoms.